The number of hydrogen-bond donors (Lipinski definition) is 1. The van der Waals surface area contributed by atoms with Gasteiger partial charge in [-0.15, -0.1) is 6.58 Å². The summed E-state index contributed by atoms with van der Waals surface area (Å²) in [5.41, 5.74) is 1.57. The predicted octanol–water partition coefficient (Wildman–Crippen LogP) is 3.06. The van der Waals surface area contributed by atoms with Gasteiger partial charge in [-0.05, 0) is 17.7 Å². The largest absolute Gasteiger partial charge is 0.478 e. The zero-order valence-corrected chi connectivity index (χ0v) is 10.3. The van der Waals surface area contributed by atoms with E-state index in [0.29, 0.717) is 11.6 Å². The van der Waals surface area contributed by atoms with Crippen LogP contribution in [0.4, 0.5) is 5.69 Å². The maximum atomic E-state index is 10.5. The minimum absolute atomic E-state index is 0.585. The second-order valence-corrected chi connectivity index (χ2v) is 3.93. The van der Waals surface area contributed by atoms with Crippen molar-refractivity contribution in [3.63, 3.8) is 0 Å². The fraction of sp³-hybridized carbons (Fsp3) is 0.154. The zero-order chi connectivity index (χ0) is 12.8. The van der Waals surface area contributed by atoms with Crippen LogP contribution in [-0.2, 0) is 4.79 Å². The van der Waals surface area contributed by atoms with E-state index in [2.05, 4.69) is 6.58 Å². The number of aliphatic carboxylic acids is 1. The smallest absolute Gasteiger partial charge is 0.328 e. The molecule has 0 aliphatic rings. The minimum Gasteiger partial charge on any atom is -0.478 e. The molecule has 0 amide bonds. The highest BCUT2D eigenvalue weighted by Gasteiger charge is 2.08. The summed E-state index contributed by atoms with van der Waals surface area (Å²) >= 11 is 6.12. The van der Waals surface area contributed by atoms with Crippen LogP contribution in [0.25, 0.3) is 6.08 Å². The van der Waals surface area contributed by atoms with E-state index in [-0.39, 0.29) is 0 Å². The van der Waals surface area contributed by atoms with Gasteiger partial charge in [-0.2, -0.15) is 0 Å². The highest BCUT2D eigenvalue weighted by Crippen LogP contribution is 2.29. The second-order valence-electron chi connectivity index (χ2n) is 3.52. The number of para-hydroxylation sites is 1. The quantitative estimate of drug-likeness (QED) is 0.646. The molecule has 0 bridgehead atoms. The Hall–Kier alpha value is -1.74. The number of carboxylic acid groups (broad SMARTS) is 1. The Balaban J connectivity index is 3.16. The molecule has 0 aromatic heterocycles. The molecule has 1 N–H and O–H groups in total. The molecule has 0 fully saturated rings. The molecule has 17 heavy (non-hydrogen) atoms. The molecule has 0 atom stereocenters. The van der Waals surface area contributed by atoms with Crippen LogP contribution in [0.3, 0.4) is 0 Å². The number of anilines is 1. The van der Waals surface area contributed by atoms with Crippen LogP contribution < -0.4 is 4.90 Å². The molecule has 0 unspecified atom stereocenters. The van der Waals surface area contributed by atoms with Crippen molar-refractivity contribution in [3.8, 4) is 0 Å². The van der Waals surface area contributed by atoms with Crippen molar-refractivity contribution >= 4 is 29.3 Å². The first-order valence-corrected chi connectivity index (χ1v) is 5.45. The summed E-state index contributed by atoms with van der Waals surface area (Å²) in [5, 5.41) is 9.21. The van der Waals surface area contributed by atoms with Crippen molar-refractivity contribution in [1.82, 2.24) is 0 Å². The maximum Gasteiger partial charge on any atom is 0.328 e. The van der Waals surface area contributed by atoms with Gasteiger partial charge in [0.1, 0.15) is 0 Å². The monoisotopic (exact) mass is 251 g/mol. The summed E-state index contributed by atoms with van der Waals surface area (Å²) in [6.45, 7) is 4.30. The average Bonchev–Trinajstić information content (AvgIpc) is 2.26. The maximum absolute atomic E-state index is 10.5. The fourth-order valence-corrected chi connectivity index (χ4v) is 1.84. The van der Waals surface area contributed by atoms with Crippen LogP contribution in [0.1, 0.15) is 5.56 Å². The summed E-state index contributed by atoms with van der Waals surface area (Å²) in [5.74, 6) is -0.984. The third-order valence-corrected chi connectivity index (χ3v) is 2.51. The number of benzene rings is 1. The zero-order valence-electron chi connectivity index (χ0n) is 9.56. The first-order chi connectivity index (χ1) is 8.06. The van der Waals surface area contributed by atoms with E-state index in [4.69, 9.17) is 16.7 Å². The van der Waals surface area contributed by atoms with Crippen molar-refractivity contribution in [2.75, 3.05) is 18.5 Å². The van der Waals surface area contributed by atoms with E-state index in [1.54, 1.807) is 18.2 Å². The average molecular weight is 252 g/mol. The lowest BCUT2D eigenvalue weighted by Crippen LogP contribution is -2.18. The van der Waals surface area contributed by atoms with Crippen LogP contribution in [0.2, 0.25) is 5.02 Å². The van der Waals surface area contributed by atoms with Gasteiger partial charge in [-0.1, -0.05) is 29.8 Å². The van der Waals surface area contributed by atoms with Gasteiger partial charge in [0.2, 0.25) is 0 Å². The molecule has 0 saturated heterocycles. The number of carboxylic acids is 1. The molecular weight excluding hydrogens is 238 g/mol. The van der Waals surface area contributed by atoms with E-state index in [1.807, 2.05) is 18.0 Å². The molecule has 0 aliphatic heterocycles. The van der Waals surface area contributed by atoms with E-state index < -0.39 is 5.97 Å². The third kappa shape index (κ3) is 3.64. The van der Waals surface area contributed by atoms with Crippen molar-refractivity contribution in [2.24, 2.45) is 0 Å². The van der Waals surface area contributed by atoms with Crippen molar-refractivity contribution in [2.45, 2.75) is 0 Å². The van der Waals surface area contributed by atoms with Crippen molar-refractivity contribution in [1.29, 1.82) is 0 Å². The van der Waals surface area contributed by atoms with Crippen LogP contribution in [-0.4, -0.2) is 24.7 Å². The summed E-state index contributed by atoms with van der Waals surface area (Å²) < 4.78 is 0. The third-order valence-electron chi connectivity index (χ3n) is 2.21. The van der Waals surface area contributed by atoms with Crippen LogP contribution >= 0.6 is 11.6 Å². The summed E-state index contributed by atoms with van der Waals surface area (Å²) in [6, 6.07) is 5.38. The molecule has 4 heteroatoms. The van der Waals surface area contributed by atoms with E-state index >= 15 is 0 Å². The summed E-state index contributed by atoms with van der Waals surface area (Å²) in [4.78, 5) is 12.4. The van der Waals surface area contributed by atoms with Crippen LogP contribution in [0.5, 0.6) is 0 Å². The molecule has 0 aliphatic carbocycles. The lowest BCUT2D eigenvalue weighted by molar-refractivity contribution is -0.131. The number of carbonyl (C=O) groups is 1. The lowest BCUT2D eigenvalue weighted by Gasteiger charge is -2.21. The molecule has 3 nitrogen and oxygen atoms in total. The first kappa shape index (κ1) is 13.3. The van der Waals surface area contributed by atoms with Crippen LogP contribution in [0.15, 0.2) is 36.9 Å². The van der Waals surface area contributed by atoms with Gasteiger partial charge in [-0.25, -0.2) is 4.79 Å². The molecule has 0 saturated carbocycles. The Kier molecular flexibility index (Phi) is 4.79. The Morgan fingerprint density at radius 3 is 2.88 bits per heavy atom. The van der Waals surface area contributed by atoms with Crippen molar-refractivity contribution < 1.29 is 9.90 Å². The lowest BCUT2D eigenvalue weighted by atomic mass is 10.1. The molecule has 0 heterocycles. The molecule has 90 valence electrons. The van der Waals surface area contributed by atoms with E-state index in [1.165, 1.54) is 6.08 Å². The van der Waals surface area contributed by atoms with Gasteiger partial charge in [0.15, 0.2) is 0 Å². The normalized spacial score (nSPS) is 10.5. The fourth-order valence-electron chi connectivity index (χ4n) is 1.52. The molecule has 0 spiro atoms. The van der Waals surface area contributed by atoms with Crippen molar-refractivity contribution in [3.05, 3.63) is 47.5 Å². The first-order valence-electron chi connectivity index (χ1n) is 5.07. The Bertz CT molecular complexity index is 455. The van der Waals surface area contributed by atoms with Gasteiger partial charge < -0.3 is 10.0 Å². The number of halogens is 1. The predicted molar refractivity (Wildman–Crippen MR) is 71.6 cm³/mol. The van der Waals surface area contributed by atoms with Gasteiger partial charge in [0, 0.05) is 19.7 Å². The minimum atomic E-state index is -0.984. The Morgan fingerprint density at radius 2 is 2.29 bits per heavy atom. The van der Waals surface area contributed by atoms with Gasteiger partial charge in [-0.3, -0.25) is 0 Å². The number of hydrogen-bond acceptors (Lipinski definition) is 2. The molecule has 1 aromatic carbocycles. The number of rotatable bonds is 5. The SMILES string of the molecule is C=CCN(C)c1c(Cl)cccc1/C=C/C(=O)O. The summed E-state index contributed by atoms with van der Waals surface area (Å²) in [7, 11) is 1.88. The number of likely N-dealkylation sites (N-methyl/N-ethyl adjacent to an activating group) is 1. The Morgan fingerprint density at radius 1 is 1.59 bits per heavy atom. The molecule has 1 rings (SSSR count). The second kappa shape index (κ2) is 6.11. The topological polar surface area (TPSA) is 40.5 Å². The highest BCUT2D eigenvalue weighted by molar-refractivity contribution is 6.33. The van der Waals surface area contributed by atoms with E-state index in [9.17, 15) is 4.79 Å². The molecule has 1 aromatic rings. The van der Waals surface area contributed by atoms with Gasteiger partial charge >= 0.3 is 5.97 Å². The van der Waals surface area contributed by atoms with Gasteiger partial charge in [0.05, 0.1) is 10.7 Å². The molecule has 0 radical (unpaired) electrons. The highest BCUT2D eigenvalue weighted by atomic mass is 35.5. The molecular formula is C13H14ClNO2. The number of nitrogens with zero attached hydrogens (tertiary/aromatic N) is 1. The Labute approximate surface area is 106 Å². The summed E-state index contributed by atoms with van der Waals surface area (Å²) in [6.07, 6.45) is 4.38. The van der Waals surface area contributed by atoms with Crippen LogP contribution in [0, 0.1) is 0 Å². The van der Waals surface area contributed by atoms with Gasteiger partial charge in [0.25, 0.3) is 0 Å². The van der Waals surface area contributed by atoms with E-state index in [0.717, 1.165) is 17.3 Å². The standard InChI is InChI=1S/C13H14ClNO2/c1-3-9-15(2)13-10(7-8-12(16)17)5-4-6-11(13)14/h3-8H,1,9H2,2H3,(H,16,17)/b8-7+.